The van der Waals surface area contributed by atoms with E-state index >= 15 is 0 Å². The SMILES string of the molecule is COCCC1(CNc2sc(C(=O)OC)c(N)c2C#N)CC1. The Morgan fingerprint density at radius 2 is 2.24 bits per heavy atom. The van der Waals surface area contributed by atoms with Crippen LogP contribution in [0.25, 0.3) is 0 Å². The monoisotopic (exact) mass is 309 g/mol. The van der Waals surface area contributed by atoms with E-state index in [0.717, 1.165) is 32.4 Å². The number of anilines is 2. The second kappa shape index (κ2) is 6.33. The molecule has 21 heavy (non-hydrogen) atoms. The van der Waals surface area contributed by atoms with Crippen molar-refractivity contribution in [2.45, 2.75) is 19.3 Å². The Morgan fingerprint density at radius 3 is 2.76 bits per heavy atom. The molecule has 0 aromatic carbocycles. The minimum absolute atomic E-state index is 0.193. The smallest absolute Gasteiger partial charge is 0.350 e. The van der Waals surface area contributed by atoms with Gasteiger partial charge < -0.3 is 20.5 Å². The van der Waals surface area contributed by atoms with E-state index in [1.807, 2.05) is 0 Å². The summed E-state index contributed by atoms with van der Waals surface area (Å²) in [6.45, 7) is 1.48. The van der Waals surface area contributed by atoms with Gasteiger partial charge in [0.25, 0.3) is 0 Å². The van der Waals surface area contributed by atoms with Crippen LogP contribution in [-0.2, 0) is 9.47 Å². The van der Waals surface area contributed by atoms with Crippen LogP contribution in [0.5, 0.6) is 0 Å². The molecule has 6 nitrogen and oxygen atoms in total. The first kappa shape index (κ1) is 15.6. The maximum atomic E-state index is 11.6. The van der Waals surface area contributed by atoms with Gasteiger partial charge in [0.2, 0.25) is 0 Å². The fourth-order valence-corrected chi connectivity index (χ4v) is 3.19. The first-order chi connectivity index (χ1) is 10.1. The summed E-state index contributed by atoms with van der Waals surface area (Å²) in [4.78, 5) is 11.9. The molecule has 3 N–H and O–H groups in total. The number of nitriles is 1. The van der Waals surface area contributed by atoms with Crippen molar-refractivity contribution in [3.05, 3.63) is 10.4 Å². The molecule has 1 aliphatic carbocycles. The number of methoxy groups -OCH3 is 2. The van der Waals surface area contributed by atoms with Gasteiger partial charge in [-0.05, 0) is 24.7 Å². The molecule has 1 aliphatic rings. The van der Waals surface area contributed by atoms with Crippen molar-refractivity contribution in [3.63, 3.8) is 0 Å². The Labute approximate surface area is 127 Å². The highest BCUT2D eigenvalue weighted by atomic mass is 32.1. The Hall–Kier alpha value is -1.78. The number of nitrogens with zero attached hydrogens (tertiary/aromatic N) is 1. The van der Waals surface area contributed by atoms with E-state index in [1.54, 1.807) is 7.11 Å². The number of nitrogen functional groups attached to an aromatic ring is 1. The van der Waals surface area contributed by atoms with Gasteiger partial charge in [0.1, 0.15) is 21.5 Å². The van der Waals surface area contributed by atoms with Crippen molar-refractivity contribution >= 4 is 28.0 Å². The van der Waals surface area contributed by atoms with Crippen LogP contribution in [0.3, 0.4) is 0 Å². The molecule has 0 unspecified atom stereocenters. The van der Waals surface area contributed by atoms with Gasteiger partial charge in [0, 0.05) is 20.3 Å². The fraction of sp³-hybridized carbons (Fsp3) is 0.571. The van der Waals surface area contributed by atoms with Crippen LogP contribution in [0.4, 0.5) is 10.7 Å². The number of ether oxygens (including phenoxy) is 2. The third kappa shape index (κ3) is 3.28. The summed E-state index contributed by atoms with van der Waals surface area (Å²) in [5, 5.41) is 13.1. The van der Waals surface area contributed by atoms with Gasteiger partial charge in [-0.1, -0.05) is 0 Å². The Morgan fingerprint density at radius 1 is 1.52 bits per heavy atom. The molecule has 7 heteroatoms. The van der Waals surface area contributed by atoms with E-state index < -0.39 is 5.97 Å². The van der Waals surface area contributed by atoms with Gasteiger partial charge in [0.15, 0.2) is 0 Å². The number of esters is 1. The van der Waals surface area contributed by atoms with Crippen LogP contribution in [-0.4, -0.2) is 33.3 Å². The minimum atomic E-state index is -0.512. The van der Waals surface area contributed by atoms with Gasteiger partial charge in [-0.2, -0.15) is 5.26 Å². The van der Waals surface area contributed by atoms with Crippen molar-refractivity contribution in [2.24, 2.45) is 5.41 Å². The van der Waals surface area contributed by atoms with Crippen LogP contribution >= 0.6 is 11.3 Å². The molecule has 0 radical (unpaired) electrons. The third-order valence-electron chi connectivity index (χ3n) is 3.85. The summed E-state index contributed by atoms with van der Waals surface area (Å²) in [6.07, 6.45) is 3.29. The number of hydrogen-bond donors (Lipinski definition) is 2. The number of rotatable bonds is 7. The zero-order chi connectivity index (χ0) is 15.5. The number of nitrogens with two attached hydrogens (primary N) is 1. The van der Waals surface area contributed by atoms with E-state index in [1.165, 1.54) is 18.4 Å². The first-order valence-corrected chi connectivity index (χ1v) is 7.52. The minimum Gasteiger partial charge on any atom is -0.465 e. The second-order valence-corrected chi connectivity index (χ2v) is 6.27. The van der Waals surface area contributed by atoms with Crippen LogP contribution in [0, 0.1) is 16.7 Å². The average Bonchev–Trinajstić information content (AvgIpc) is 3.20. The zero-order valence-corrected chi connectivity index (χ0v) is 13.0. The lowest BCUT2D eigenvalue weighted by Gasteiger charge is -2.15. The quantitative estimate of drug-likeness (QED) is 0.749. The van der Waals surface area contributed by atoms with Crippen LogP contribution < -0.4 is 11.1 Å². The lowest BCUT2D eigenvalue weighted by molar-refractivity contribution is 0.0607. The summed E-state index contributed by atoms with van der Waals surface area (Å²) in [5.74, 6) is -0.512. The van der Waals surface area contributed by atoms with Gasteiger partial charge in [-0.15, -0.1) is 11.3 Å². The molecule has 114 valence electrons. The molecule has 0 aliphatic heterocycles. The van der Waals surface area contributed by atoms with Gasteiger partial charge >= 0.3 is 5.97 Å². The van der Waals surface area contributed by atoms with E-state index in [4.69, 9.17) is 10.5 Å². The van der Waals surface area contributed by atoms with Crippen LogP contribution in [0.2, 0.25) is 0 Å². The first-order valence-electron chi connectivity index (χ1n) is 6.70. The molecular weight excluding hydrogens is 290 g/mol. The van der Waals surface area contributed by atoms with Crippen LogP contribution in [0.1, 0.15) is 34.5 Å². The lowest BCUT2D eigenvalue weighted by Crippen LogP contribution is -2.17. The van der Waals surface area contributed by atoms with Crippen molar-refractivity contribution < 1.29 is 14.3 Å². The highest BCUT2D eigenvalue weighted by Crippen LogP contribution is 2.49. The Balaban J connectivity index is 2.10. The molecular formula is C14H19N3O3S. The van der Waals surface area contributed by atoms with Crippen LogP contribution in [0.15, 0.2) is 0 Å². The molecule has 0 spiro atoms. The normalized spacial score (nSPS) is 15.3. The molecule has 0 amide bonds. The zero-order valence-electron chi connectivity index (χ0n) is 12.2. The molecule has 1 aromatic rings. The number of nitrogens with one attached hydrogen (secondary N) is 1. The summed E-state index contributed by atoms with van der Waals surface area (Å²) in [7, 11) is 2.99. The lowest BCUT2D eigenvalue weighted by atomic mass is 10.0. The maximum absolute atomic E-state index is 11.6. The largest absolute Gasteiger partial charge is 0.465 e. The highest BCUT2D eigenvalue weighted by molar-refractivity contribution is 7.18. The van der Waals surface area contributed by atoms with E-state index in [-0.39, 0.29) is 16.0 Å². The van der Waals surface area contributed by atoms with Crippen molar-refractivity contribution in [2.75, 3.05) is 38.4 Å². The number of carbonyl (C=O) groups is 1. The second-order valence-electron chi connectivity index (χ2n) is 5.25. The average molecular weight is 309 g/mol. The summed E-state index contributed by atoms with van der Waals surface area (Å²) < 4.78 is 9.80. The topological polar surface area (TPSA) is 97.4 Å². The van der Waals surface area contributed by atoms with Gasteiger partial charge in [0.05, 0.1) is 12.8 Å². The van der Waals surface area contributed by atoms with Crippen molar-refractivity contribution in [1.29, 1.82) is 5.26 Å². The molecule has 1 heterocycles. The standard InChI is InChI=1S/C14H19N3O3S/c1-19-6-5-14(3-4-14)8-17-12-9(7-15)10(16)11(21-12)13(18)20-2/h17H,3-6,8,16H2,1-2H3. The fourth-order valence-electron chi connectivity index (χ4n) is 2.20. The number of thiophene rings is 1. The maximum Gasteiger partial charge on any atom is 0.350 e. The summed E-state index contributed by atoms with van der Waals surface area (Å²) in [6, 6.07) is 2.05. The van der Waals surface area contributed by atoms with E-state index in [2.05, 4.69) is 16.1 Å². The van der Waals surface area contributed by atoms with Gasteiger partial charge in [-0.3, -0.25) is 0 Å². The van der Waals surface area contributed by atoms with E-state index in [9.17, 15) is 10.1 Å². The van der Waals surface area contributed by atoms with Crippen molar-refractivity contribution in [3.8, 4) is 6.07 Å². The Kier molecular flexibility index (Phi) is 4.70. The predicted octanol–water partition coefficient (Wildman–Crippen LogP) is 2.22. The molecule has 1 fully saturated rings. The Bertz CT molecular complexity index is 573. The van der Waals surface area contributed by atoms with Crippen molar-refractivity contribution in [1.82, 2.24) is 0 Å². The number of carbonyl (C=O) groups excluding carboxylic acids is 1. The molecule has 1 saturated carbocycles. The third-order valence-corrected chi connectivity index (χ3v) is 4.99. The van der Waals surface area contributed by atoms with E-state index in [0.29, 0.717) is 10.6 Å². The molecule has 2 rings (SSSR count). The van der Waals surface area contributed by atoms with Gasteiger partial charge in [-0.25, -0.2) is 4.79 Å². The molecule has 0 atom stereocenters. The predicted molar refractivity (Wildman–Crippen MR) is 81.4 cm³/mol. The number of hydrogen-bond acceptors (Lipinski definition) is 7. The molecule has 1 aromatic heterocycles. The molecule has 0 bridgehead atoms. The highest BCUT2D eigenvalue weighted by Gasteiger charge is 2.42. The summed E-state index contributed by atoms with van der Waals surface area (Å²) >= 11 is 1.17. The molecule has 0 saturated heterocycles. The summed E-state index contributed by atoms with van der Waals surface area (Å²) in [5.41, 5.74) is 6.61.